The van der Waals surface area contributed by atoms with Gasteiger partial charge < -0.3 is 10.0 Å². The molecule has 0 aliphatic heterocycles. The Morgan fingerprint density at radius 2 is 1.67 bits per heavy atom. The Hall–Kier alpha value is -3.07. The molecule has 0 aliphatic carbocycles. The number of nitrogens with zero attached hydrogens (tertiary/aromatic N) is 1. The minimum absolute atomic E-state index is 0.0597. The van der Waals surface area contributed by atoms with Gasteiger partial charge in [0.1, 0.15) is 0 Å². The number of carbonyl (C=O) groups is 1. The van der Waals surface area contributed by atoms with Crippen LogP contribution in [-0.4, -0.2) is 27.1 Å². The molecule has 0 saturated heterocycles. The second-order valence-corrected chi connectivity index (χ2v) is 7.60. The van der Waals surface area contributed by atoms with Gasteiger partial charge in [0.05, 0.1) is 31.5 Å². The first-order chi connectivity index (χ1) is 12.7. The molecule has 1 amide bonds. The van der Waals surface area contributed by atoms with Crippen molar-refractivity contribution in [2.75, 3.05) is 10.0 Å². The molecule has 3 aromatic rings. The molecule has 1 unspecified atom stereocenters. The lowest BCUT2D eigenvalue weighted by Gasteiger charge is -2.18. The maximum atomic E-state index is 13.2. The van der Waals surface area contributed by atoms with Crippen LogP contribution < -0.4 is 10.0 Å². The zero-order chi connectivity index (χ0) is 19.7. The molecule has 2 aromatic carbocycles. The fraction of sp³-hybridized carbons (Fsp3) is 0.0556. The first-order valence-electron chi connectivity index (χ1n) is 7.64. The van der Waals surface area contributed by atoms with Crippen molar-refractivity contribution in [1.82, 2.24) is 4.98 Å². The number of hydrogen-bond acceptors (Lipinski definition) is 3. The molecule has 0 radical (unpaired) electrons. The van der Waals surface area contributed by atoms with Gasteiger partial charge in [-0.05, 0) is 30.1 Å². The molecule has 9 heteroatoms. The Kier molecular flexibility index (Phi) is 4.79. The summed E-state index contributed by atoms with van der Waals surface area (Å²) in [6.45, 7) is 0. The highest BCUT2D eigenvalue weighted by atomic mass is 32.2. The van der Waals surface area contributed by atoms with Crippen molar-refractivity contribution >= 4 is 43.8 Å². The number of alkyl halides is 3. The lowest BCUT2D eigenvalue weighted by molar-refractivity contribution is -0.167. The van der Waals surface area contributed by atoms with Gasteiger partial charge in [0, 0.05) is 11.6 Å². The average molecular weight is 393 g/mol. The van der Waals surface area contributed by atoms with E-state index in [9.17, 15) is 22.2 Å². The third-order valence-corrected chi connectivity index (χ3v) is 5.27. The molecule has 0 fully saturated rings. The number of hydrogen-bond donors (Lipinski definition) is 2. The van der Waals surface area contributed by atoms with Gasteiger partial charge >= 0.3 is 12.1 Å². The molecule has 2 N–H and O–H groups in total. The summed E-state index contributed by atoms with van der Waals surface area (Å²) in [5, 5.41) is 2.53. The third-order valence-electron chi connectivity index (χ3n) is 3.66. The minimum atomic E-state index is -5.07. The Bertz CT molecular complexity index is 1110. The monoisotopic (exact) mass is 393 g/mol. The zero-order valence-corrected chi connectivity index (χ0v) is 14.6. The van der Waals surface area contributed by atoms with Crippen molar-refractivity contribution in [3.8, 4) is 0 Å². The van der Waals surface area contributed by atoms with E-state index in [1.807, 2.05) is 12.1 Å². The minimum Gasteiger partial charge on any atom is -0.317 e. The smallest absolute Gasteiger partial charge is 0.317 e. The second-order valence-electron chi connectivity index (χ2n) is 5.61. The van der Waals surface area contributed by atoms with Crippen molar-refractivity contribution in [3.05, 3.63) is 60.8 Å². The highest BCUT2D eigenvalue weighted by molar-refractivity contribution is 8.01. The Morgan fingerprint density at radius 1 is 1.00 bits per heavy atom. The van der Waals surface area contributed by atoms with Crippen molar-refractivity contribution in [3.63, 3.8) is 0 Å². The number of aromatic nitrogens is 1. The molecular formula is C18H14F3N3O2S. The Labute approximate surface area is 153 Å². The molecule has 1 atom stereocenters. The van der Waals surface area contributed by atoms with Gasteiger partial charge in [-0.2, -0.15) is 13.2 Å². The van der Waals surface area contributed by atoms with Crippen LogP contribution >= 0.6 is 0 Å². The van der Waals surface area contributed by atoms with Gasteiger partial charge in [0.15, 0.2) is 0 Å². The van der Waals surface area contributed by atoms with E-state index in [2.05, 4.69) is 15.6 Å². The first kappa shape index (κ1) is 18.7. The van der Waals surface area contributed by atoms with Crippen LogP contribution in [0, 0.1) is 0 Å². The van der Waals surface area contributed by atoms with Crippen molar-refractivity contribution < 1.29 is 22.2 Å². The summed E-state index contributed by atoms with van der Waals surface area (Å²) in [4.78, 5) is 15.4. The summed E-state index contributed by atoms with van der Waals surface area (Å²) in [7, 11) is -3.30. The van der Waals surface area contributed by atoms with Crippen LogP contribution in [0.15, 0.2) is 65.7 Å². The van der Waals surface area contributed by atoms with Crippen LogP contribution in [0.1, 0.15) is 0 Å². The number of anilines is 2. The predicted octanol–water partition coefficient (Wildman–Crippen LogP) is 3.84. The highest BCUT2D eigenvalue weighted by Gasteiger charge is 2.39. The number of rotatable bonds is 4. The van der Waals surface area contributed by atoms with Gasteiger partial charge in [-0.25, -0.2) is 4.21 Å². The molecule has 140 valence electrons. The normalized spacial score (nSPS) is 13.7. The van der Waals surface area contributed by atoms with Crippen LogP contribution in [0.5, 0.6) is 0 Å². The zero-order valence-electron chi connectivity index (χ0n) is 13.8. The van der Waals surface area contributed by atoms with Crippen LogP contribution in [0.3, 0.4) is 0 Å². The van der Waals surface area contributed by atoms with E-state index in [4.69, 9.17) is 0 Å². The van der Waals surface area contributed by atoms with E-state index in [1.54, 1.807) is 29.7 Å². The first-order valence-corrected chi connectivity index (χ1v) is 9.37. The molecule has 1 heterocycles. The lowest BCUT2D eigenvalue weighted by atomic mass is 10.2. The van der Waals surface area contributed by atoms with Gasteiger partial charge in [0.25, 0.3) is 0 Å². The molecule has 1 aromatic heterocycles. The quantitative estimate of drug-likeness (QED) is 0.662. The lowest BCUT2D eigenvalue weighted by Crippen LogP contribution is -2.30. The molecule has 5 nitrogen and oxygen atoms in total. The number of pyridine rings is 1. The second kappa shape index (κ2) is 6.92. The fourth-order valence-corrected chi connectivity index (χ4v) is 3.87. The van der Waals surface area contributed by atoms with E-state index in [-0.39, 0.29) is 10.6 Å². The number of fused-ring (bicyclic) bond motifs is 1. The van der Waals surface area contributed by atoms with Crippen molar-refractivity contribution in [2.45, 2.75) is 11.1 Å². The molecular weight excluding hydrogens is 379 g/mol. The van der Waals surface area contributed by atoms with Crippen LogP contribution in [-0.2, 0) is 14.5 Å². The topological polar surface area (TPSA) is 71.1 Å². The molecule has 0 saturated carbocycles. The van der Waals surface area contributed by atoms with E-state index in [1.165, 1.54) is 24.3 Å². The Morgan fingerprint density at radius 3 is 2.41 bits per heavy atom. The van der Waals surface area contributed by atoms with Crippen LogP contribution in [0.4, 0.5) is 24.5 Å². The van der Waals surface area contributed by atoms with E-state index < -0.39 is 21.8 Å². The predicted molar refractivity (Wildman–Crippen MR) is 100 cm³/mol. The largest absolute Gasteiger partial charge is 0.471 e. The Balaban J connectivity index is 1.99. The molecule has 0 bridgehead atoms. The van der Waals surface area contributed by atoms with Crippen LogP contribution in [0.2, 0.25) is 0 Å². The van der Waals surface area contributed by atoms with Gasteiger partial charge in [-0.1, -0.05) is 30.3 Å². The van der Waals surface area contributed by atoms with E-state index >= 15 is 0 Å². The number of halogens is 3. The van der Waals surface area contributed by atoms with Gasteiger partial charge in [-0.15, -0.1) is 0 Å². The summed E-state index contributed by atoms with van der Waals surface area (Å²) in [6, 6.07) is 14.2. The maximum absolute atomic E-state index is 13.2. The number of para-hydroxylation sites is 2. The molecule has 0 aliphatic rings. The molecule has 0 spiro atoms. The van der Waals surface area contributed by atoms with Crippen LogP contribution in [0.25, 0.3) is 10.9 Å². The molecule has 3 rings (SSSR count). The average Bonchev–Trinajstić information content (AvgIpc) is 2.61. The van der Waals surface area contributed by atoms with Crippen molar-refractivity contribution in [1.29, 1.82) is 0 Å². The number of carbonyl (C=O) groups excluding carboxylic acids is 1. The number of nitrogens with one attached hydrogen (secondary N) is 2. The van der Waals surface area contributed by atoms with Gasteiger partial charge in [-0.3, -0.25) is 9.78 Å². The summed E-state index contributed by atoms with van der Waals surface area (Å²) in [6.07, 6.45) is -3.50. The maximum Gasteiger partial charge on any atom is 0.471 e. The van der Waals surface area contributed by atoms with E-state index in [0.29, 0.717) is 11.2 Å². The fourth-order valence-electron chi connectivity index (χ4n) is 2.47. The summed E-state index contributed by atoms with van der Waals surface area (Å²) >= 11 is 0. The number of amides is 1. The summed E-state index contributed by atoms with van der Waals surface area (Å²) < 4.78 is 53.6. The summed E-state index contributed by atoms with van der Waals surface area (Å²) in [5.74, 6) is 1.47. The van der Waals surface area contributed by atoms with Gasteiger partial charge in [0.2, 0.25) is 0 Å². The standard InChI is InChI=1S/C18H14F3N3O2S/c1-27(26,24-14-9-4-6-12-7-5-11-22-16(12)14)15-10-3-2-8-13(15)23-17(25)18(19,20)21/h2-11H,1H2,(H,23,25)(H,24,26). The number of benzene rings is 2. The SMILES string of the molecule is C=S(=O)(Nc1cccc2cccnc12)c1ccccc1NC(=O)C(F)(F)F. The van der Waals surface area contributed by atoms with E-state index in [0.717, 1.165) is 5.39 Å². The summed E-state index contributed by atoms with van der Waals surface area (Å²) in [5.41, 5.74) is 0.707. The highest BCUT2D eigenvalue weighted by Crippen LogP contribution is 2.28. The molecule has 27 heavy (non-hydrogen) atoms. The van der Waals surface area contributed by atoms with Crippen molar-refractivity contribution in [2.24, 2.45) is 0 Å². The third kappa shape index (κ3) is 4.03.